The van der Waals surface area contributed by atoms with Gasteiger partial charge in [-0.1, -0.05) is 199 Å². The Labute approximate surface area is 418 Å². The van der Waals surface area contributed by atoms with Crippen molar-refractivity contribution in [3.63, 3.8) is 0 Å². The fraction of sp³-hybridized carbons (Fsp3) is 0.945. The van der Waals surface area contributed by atoms with Crippen molar-refractivity contribution in [1.82, 2.24) is 0 Å². The SMILES string of the molecule is CCCCCCCCC/C=C\CCCCCCCC(=O)OC(COCCCCCCCCCCCCCCCCCCCCC)COC1OC(COC2OC(CO)C(O)C(O)C2O)C(O)C(O)C1O. The van der Waals surface area contributed by atoms with Gasteiger partial charge in [0, 0.05) is 13.0 Å². The van der Waals surface area contributed by atoms with E-state index in [0.717, 1.165) is 57.8 Å². The van der Waals surface area contributed by atoms with Gasteiger partial charge in [0.2, 0.25) is 0 Å². The van der Waals surface area contributed by atoms with Crippen molar-refractivity contribution >= 4 is 5.97 Å². The number of aliphatic hydroxyl groups is 7. The molecule has 2 saturated heterocycles. The minimum Gasteiger partial charge on any atom is -0.457 e. The summed E-state index contributed by atoms with van der Waals surface area (Å²) < 4.78 is 34.4. The Kier molecular flexibility index (Phi) is 39.9. The molecule has 2 heterocycles. The highest BCUT2D eigenvalue weighted by atomic mass is 16.7. The molecule has 11 unspecified atom stereocenters. The lowest BCUT2D eigenvalue weighted by molar-refractivity contribution is -0.332. The van der Waals surface area contributed by atoms with Crippen LogP contribution in [0.3, 0.4) is 0 Å². The van der Waals surface area contributed by atoms with Crippen molar-refractivity contribution in [3.8, 4) is 0 Å². The molecule has 408 valence electrons. The van der Waals surface area contributed by atoms with E-state index >= 15 is 0 Å². The smallest absolute Gasteiger partial charge is 0.306 e. The second-order valence-electron chi connectivity index (χ2n) is 20.1. The number of ether oxygens (including phenoxy) is 6. The fourth-order valence-electron chi connectivity index (χ4n) is 9.16. The molecule has 69 heavy (non-hydrogen) atoms. The van der Waals surface area contributed by atoms with E-state index < -0.39 is 80.7 Å². The number of aliphatic hydroxyl groups excluding tert-OH is 7. The van der Waals surface area contributed by atoms with Crippen LogP contribution >= 0.6 is 0 Å². The van der Waals surface area contributed by atoms with Crippen LogP contribution in [-0.4, -0.2) is 142 Å². The molecular formula is C55H104O14. The quantitative estimate of drug-likeness (QED) is 0.0172. The molecule has 0 aromatic rings. The van der Waals surface area contributed by atoms with Gasteiger partial charge in [0.15, 0.2) is 12.6 Å². The molecule has 7 N–H and O–H groups in total. The number of carbonyl (C=O) groups excluding carboxylic acids is 1. The van der Waals surface area contributed by atoms with Gasteiger partial charge in [0.1, 0.15) is 54.9 Å². The number of hydrogen-bond donors (Lipinski definition) is 7. The summed E-state index contributed by atoms with van der Waals surface area (Å²) in [5, 5.41) is 72.2. The Morgan fingerprint density at radius 2 is 0.855 bits per heavy atom. The molecule has 0 spiro atoms. The van der Waals surface area contributed by atoms with E-state index in [9.17, 15) is 40.5 Å². The maximum atomic E-state index is 13.0. The summed E-state index contributed by atoms with van der Waals surface area (Å²) in [6.45, 7) is 3.72. The first kappa shape index (κ1) is 63.8. The van der Waals surface area contributed by atoms with Gasteiger partial charge in [0.05, 0.1) is 26.4 Å². The molecule has 0 radical (unpaired) electrons. The van der Waals surface area contributed by atoms with Gasteiger partial charge < -0.3 is 64.2 Å². The summed E-state index contributed by atoms with van der Waals surface area (Å²) in [6.07, 6.45) is 29.8. The third-order valence-electron chi connectivity index (χ3n) is 13.8. The fourth-order valence-corrected chi connectivity index (χ4v) is 9.16. The lowest BCUT2D eigenvalue weighted by Crippen LogP contribution is -2.61. The van der Waals surface area contributed by atoms with E-state index in [4.69, 9.17) is 28.4 Å². The molecule has 14 heteroatoms. The van der Waals surface area contributed by atoms with Crippen molar-refractivity contribution in [2.24, 2.45) is 0 Å². The van der Waals surface area contributed by atoms with Crippen LogP contribution in [0, 0.1) is 0 Å². The van der Waals surface area contributed by atoms with E-state index in [1.807, 2.05) is 0 Å². The summed E-state index contributed by atoms with van der Waals surface area (Å²) in [6, 6.07) is 0. The minimum absolute atomic E-state index is 0.0644. The van der Waals surface area contributed by atoms with E-state index in [2.05, 4.69) is 26.0 Å². The summed E-state index contributed by atoms with van der Waals surface area (Å²) in [5.41, 5.74) is 0. The maximum absolute atomic E-state index is 13.0. The van der Waals surface area contributed by atoms with Gasteiger partial charge in [-0.25, -0.2) is 0 Å². The molecule has 2 aliphatic heterocycles. The minimum atomic E-state index is -1.70. The Bertz CT molecular complexity index is 1190. The lowest BCUT2D eigenvalue weighted by Gasteiger charge is -2.42. The van der Waals surface area contributed by atoms with Crippen LogP contribution in [0.25, 0.3) is 0 Å². The molecule has 14 nitrogen and oxygen atoms in total. The Morgan fingerprint density at radius 3 is 1.32 bits per heavy atom. The van der Waals surface area contributed by atoms with Crippen molar-refractivity contribution in [3.05, 3.63) is 12.2 Å². The number of allylic oxidation sites excluding steroid dienone is 2. The highest BCUT2D eigenvalue weighted by Crippen LogP contribution is 2.27. The number of carbonyl (C=O) groups is 1. The third kappa shape index (κ3) is 30.5. The van der Waals surface area contributed by atoms with E-state index in [0.29, 0.717) is 13.0 Å². The first-order valence-electron chi connectivity index (χ1n) is 28.3. The summed E-state index contributed by atoms with van der Waals surface area (Å²) in [7, 11) is 0. The van der Waals surface area contributed by atoms with Crippen molar-refractivity contribution in [2.75, 3.05) is 33.0 Å². The number of unbranched alkanes of at least 4 members (excludes halogenated alkanes) is 30. The predicted octanol–water partition coefficient (Wildman–Crippen LogP) is 9.41. The summed E-state index contributed by atoms with van der Waals surface area (Å²) in [4.78, 5) is 13.0. The number of rotatable bonds is 46. The Hall–Kier alpha value is -1.27. The van der Waals surface area contributed by atoms with E-state index in [-0.39, 0.29) is 25.6 Å². The van der Waals surface area contributed by atoms with Gasteiger partial charge in [-0.3, -0.25) is 4.79 Å². The van der Waals surface area contributed by atoms with Crippen LogP contribution in [0.5, 0.6) is 0 Å². The van der Waals surface area contributed by atoms with Gasteiger partial charge in [-0.2, -0.15) is 0 Å². The average Bonchev–Trinajstić information content (AvgIpc) is 3.35. The molecule has 0 aliphatic carbocycles. The van der Waals surface area contributed by atoms with Gasteiger partial charge in [0.25, 0.3) is 0 Å². The molecule has 11 atom stereocenters. The van der Waals surface area contributed by atoms with E-state index in [1.54, 1.807) is 0 Å². The standard InChI is InChI=1S/C55H104O14/c1-3-5-7-9-11-13-15-17-19-21-22-23-25-27-29-31-33-35-37-39-64-41-44(67-47(57)38-36-34-32-30-28-26-24-20-18-16-14-12-10-8-6-4-2)42-65-54-53(63)51(61)49(59)46(69-54)43-66-55-52(62)50(60)48(58)45(40-56)68-55/h20,24,44-46,48-56,58-63H,3-19,21-23,25-43H2,1-2H3/b24-20-. The van der Waals surface area contributed by atoms with Crippen LogP contribution in [-0.2, 0) is 33.2 Å². The Balaban J connectivity index is 1.73. The van der Waals surface area contributed by atoms with Gasteiger partial charge in [-0.05, 0) is 38.5 Å². The topological polar surface area (TPSA) is 214 Å². The van der Waals surface area contributed by atoms with E-state index in [1.165, 1.54) is 148 Å². The Morgan fingerprint density at radius 1 is 0.464 bits per heavy atom. The molecule has 2 rings (SSSR count). The number of esters is 1. The molecule has 2 fully saturated rings. The lowest BCUT2D eigenvalue weighted by atomic mass is 9.98. The largest absolute Gasteiger partial charge is 0.457 e. The molecule has 0 saturated carbocycles. The first-order valence-corrected chi connectivity index (χ1v) is 28.3. The normalized spacial score (nSPS) is 25.7. The van der Waals surface area contributed by atoms with Crippen LogP contribution < -0.4 is 0 Å². The zero-order chi connectivity index (χ0) is 50.2. The zero-order valence-electron chi connectivity index (χ0n) is 43.6. The summed E-state index contributed by atoms with van der Waals surface area (Å²) >= 11 is 0. The molecule has 0 aromatic carbocycles. The third-order valence-corrected chi connectivity index (χ3v) is 13.8. The number of hydrogen-bond acceptors (Lipinski definition) is 14. The van der Waals surface area contributed by atoms with Crippen LogP contribution in [0.2, 0.25) is 0 Å². The van der Waals surface area contributed by atoms with Crippen LogP contribution in [0.15, 0.2) is 12.2 Å². The zero-order valence-corrected chi connectivity index (χ0v) is 43.6. The molecule has 0 amide bonds. The molecule has 2 aliphatic rings. The van der Waals surface area contributed by atoms with Crippen molar-refractivity contribution < 1.29 is 69.0 Å². The molecule has 0 aromatic heterocycles. The molecular weight excluding hydrogens is 885 g/mol. The van der Waals surface area contributed by atoms with Crippen LogP contribution in [0.1, 0.15) is 232 Å². The second-order valence-corrected chi connectivity index (χ2v) is 20.1. The monoisotopic (exact) mass is 989 g/mol. The molecule has 0 bridgehead atoms. The second kappa shape index (κ2) is 43.2. The highest BCUT2D eigenvalue weighted by Gasteiger charge is 2.47. The van der Waals surface area contributed by atoms with Crippen molar-refractivity contribution in [2.45, 2.75) is 300 Å². The average molecular weight is 989 g/mol. The van der Waals surface area contributed by atoms with Crippen LogP contribution in [0.4, 0.5) is 0 Å². The predicted molar refractivity (Wildman–Crippen MR) is 271 cm³/mol. The van der Waals surface area contributed by atoms with Gasteiger partial charge >= 0.3 is 5.97 Å². The summed E-state index contributed by atoms with van der Waals surface area (Å²) in [5.74, 6) is -0.379. The van der Waals surface area contributed by atoms with Gasteiger partial charge in [-0.15, -0.1) is 0 Å². The van der Waals surface area contributed by atoms with Crippen molar-refractivity contribution in [1.29, 1.82) is 0 Å². The highest BCUT2D eigenvalue weighted by molar-refractivity contribution is 5.69. The first-order chi connectivity index (χ1) is 33.6. The maximum Gasteiger partial charge on any atom is 0.306 e.